The molecule has 0 bridgehead atoms. The topological polar surface area (TPSA) is 95.9 Å². The largest absolute Gasteiger partial charge is 0.466 e. The van der Waals surface area contributed by atoms with Crippen molar-refractivity contribution in [3.05, 3.63) is 36.5 Å². The lowest BCUT2D eigenvalue weighted by Crippen LogP contribution is -2.45. The molecular formula is C76H145NO5. The van der Waals surface area contributed by atoms with Crippen LogP contribution >= 0.6 is 0 Å². The molecule has 3 N–H and O–H groups in total. The van der Waals surface area contributed by atoms with Crippen LogP contribution in [0, 0.1) is 0 Å². The van der Waals surface area contributed by atoms with E-state index >= 15 is 0 Å². The van der Waals surface area contributed by atoms with E-state index in [0.717, 1.165) is 44.9 Å². The van der Waals surface area contributed by atoms with E-state index in [4.69, 9.17) is 4.74 Å². The summed E-state index contributed by atoms with van der Waals surface area (Å²) in [5.74, 6) is -0.0497. The van der Waals surface area contributed by atoms with Crippen molar-refractivity contribution in [2.24, 2.45) is 0 Å². The normalized spacial score (nSPS) is 12.7. The first kappa shape index (κ1) is 80.1. The van der Waals surface area contributed by atoms with E-state index in [1.807, 2.05) is 6.08 Å². The van der Waals surface area contributed by atoms with E-state index < -0.39 is 12.1 Å². The van der Waals surface area contributed by atoms with E-state index in [9.17, 15) is 19.8 Å². The number of unbranched alkanes of at least 4 members (excludes halogenated alkanes) is 55. The molecule has 6 heteroatoms. The fraction of sp³-hybridized carbons (Fsp3) is 0.895. The molecule has 484 valence electrons. The summed E-state index contributed by atoms with van der Waals surface area (Å²) in [6.07, 6.45) is 92.6. The van der Waals surface area contributed by atoms with Gasteiger partial charge in [-0.15, -0.1) is 0 Å². The average molecular weight is 1150 g/mol. The molecule has 0 aromatic carbocycles. The molecule has 0 rings (SSSR count). The minimum absolute atomic E-state index is 0.0114. The molecule has 0 saturated carbocycles. The van der Waals surface area contributed by atoms with Crippen LogP contribution in [0.4, 0.5) is 0 Å². The smallest absolute Gasteiger partial charge is 0.305 e. The van der Waals surface area contributed by atoms with Crippen LogP contribution in [0.25, 0.3) is 0 Å². The monoisotopic (exact) mass is 1150 g/mol. The van der Waals surface area contributed by atoms with Gasteiger partial charge in [-0.2, -0.15) is 0 Å². The van der Waals surface area contributed by atoms with Gasteiger partial charge >= 0.3 is 5.97 Å². The lowest BCUT2D eigenvalue weighted by atomic mass is 10.0. The van der Waals surface area contributed by atoms with Gasteiger partial charge < -0.3 is 20.3 Å². The number of hydrogen-bond acceptors (Lipinski definition) is 5. The van der Waals surface area contributed by atoms with Crippen LogP contribution in [0.15, 0.2) is 36.5 Å². The van der Waals surface area contributed by atoms with Gasteiger partial charge in [-0.25, -0.2) is 0 Å². The number of nitrogens with one attached hydrogen (secondary N) is 1. The zero-order valence-electron chi connectivity index (χ0n) is 55.5. The third kappa shape index (κ3) is 67.2. The van der Waals surface area contributed by atoms with Gasteiger partial charge in [0.15, 0.2) is 0 Å². The summed E-state index contributed by atoms with van der Waals surface area (Å²) in [6, 6.07) is -0.625. The molecule has 0 fully saturated rings. The number of hydrogen-bond donors (Lipinski definition) is 3. The molecule has 0 aromatic rings. The van der Waals surface area contributed by atoms with E-state index in [1.54, 1.807) is 6.08 Å². The first-order valence-electron chi connectivity index (χ1n) is 37.3. The van der Waals surface area contributed by atoms with E-state index in [1.165, 1.54) is 340 Å². The number of ether oxygens (including phenoxy) is 1. The van der Waals surface area contributed by atoms with Gasteiger partial charge in [0.05, 0.1) is 25.4 Å². The van der Waals surface area contributed by atoms with Crippen molar-refractivity contribution < 1.29 is 24.5 Å². The highest BCUT2D eigenvalue weighted by atomic mass is 16.5. The zero-order valence-corrected chi connectivity index (χ0v) is 55.5. The van der Waals surface area contributed by atoms with Crippen molar-refractivity contribution in [1.82, 2.24) is 5.32 Å². The SMILES string of the molecule is CCCCC/C=C\CCCCCCCC(=O)OCCCCCCCCCCCCCCCCCC/C=C\CCCCCCCCCCCCCCCCCCCC(=O)NC(CO)C(O)/C=C/CCCCCCCCCCCCCCCC. The van der Waals surface area contributed by atoms with Crippen molar-refractivity contribution >= 4 is 11.9 Å². The summed E-state index contributed by atoms with van der Waals surface area (Å²) in [7, 11) is 0. The van der Waals surface area contributed by atoms with Crippen LogP contribution in [-0.4, -0.2) is 47.4 Å². The second kappa shape index (κ2) is 71.6. The Morgan fingerprint density at radius 3 is 0.890 bits per heavy atom. The van der Waals surface area contributed by atoms with E-state index in [-0.39, 0.29) is 18.5 Å². The Labute approximate surface area is 513 Å². The van der Waals surface area contributed by atoms with Gasteiger partial charge in [-0.3, -0.25) is 9.59 Å². The molecule has 6 nitrogen and oxygen atoms in total. The Bertz CT molecular complexity index is 1330. The number of aliphatic hydroxyl groups excluding tert-OH is 2. The Kier molecular flexibility index (Phi) is 69.9. The molecule has 2 unspecified atom stereocenters. The second-order valence-electron chi connectivity index (χ2n) is 25.6. The quantitative estimate of drug-likeness (QED) is 0.0320. The van der Waals surface area contributed by atoms with Crippen molar-refractivity contribution in [2.45, 2.75) is 424 Å². The predicted molar refractivity (Wildman–Crippen MR) is 361 cm³/mol. The van der Waals surface area contributed by atoms with E-state index in [0.29, 0.717) is 19.4 Å². The van der Waals surface area contributed by atoms with Crippen LogP contribution in [0.1, 0.15) is 412 Å². The molecule has 0 aliphatic heterocycles. The van der Waals surface area contributed by atoms with Gasteiger partial charge in [0.25, 0.3) is 0 Å². The second-order valence-corrected chi connectivity index (χ2v) is 25.6. The van der Waals surface area contributed by atoms with Crippen LogP contribution < -0.4 is 5.32 Å². The molecular weight excluding hydrogens is 1010 g/mol. The highest BCUT2D eigenvalue weighted by molar-refractivity contribution is 5.76. The van der Waals surface area contributed by atoms with Crippen LogP contribution in [0.5, 0.6) is 0 Å². The number of amides is 1. The first-order valence-corrected chi connectivity index (χ1v) is 37.3. The summed E-state index contributed by atoms with van der Waals surface area (Å²) < 4.78 is 5.48. The van der Waals surface area contributed by atoms with Gasteiger partial charge in [0.2, 0.25) is 5.91 Å². The lowest BCUT2D eigenvalue weighted by molar-refractivity contribution is -0.143. The predicted octanol–water partition coefficient (Wildman–Crippen LogP) is 24.3. The minimum atomic E-state index is -0.842. The number of carbonyl (C=O) groups is 2. The maximum Gasteiger partial charge on any atom is 0.305 e. The molecule has 0 aliphatic carbocycles. The van der Waals surface area contributed by atoms with Crippen molar-refractivity contribution in [2.75, 3.05) is 13.2 Å². The minimum Gasteiger partial charge on any atom is -0.466 e. The fourth-order valence-corrected chi connectivity index (χ4v) is 11.7. The van der Waals surface area contributed by atoms with Crippen LogP contribution in [0.3, 0.4) is 0 Å². The summed E-state index contributed by atoms with van der Waals surface area (Å²) in [5.41, 5.74) is 0. The van der Waals surface area contributed by atoms with Crippen molar-refractivity contribution in [3.8, 4) is 0 Å². The molecule has 0 saturated heterocycles. The number of allylic oxidation sites excluding steroid dienone is 5. The summed E-state index contributed by atoms with van der Waals surface area (Å²) in [5, 5.41) is 23.2. The van der Waals surface area contributed by atoms with Crippen LogP contribution in [0.2, 0.25) is 0 Å². The number of esters is 1. The molecule has 0 aromatic heterocycles. The molecule has 82 heavy (non-hydrogen) atoms. The van der Waals surface area contributed by atoms with E-state index in [2.05, 4.69) is 43.5 Å². The Morgan fingerprint density at radius 2 is 0.573 bits per heavy atom. The number of rotatable bonds is 70. The molecule has 0 heterocycles. The summed E-state index contributed by atoms with van der Waals surface area (Å²) >= 11 is 0. The molecule has 2 atom stereocenters. The van der Waals surface area contributed by atoms with Gasteiger partial charge in [0, 0.05) is 12.8 Å². The van der Waals surface area contributed by atoms with Crippen LogP contribution in [-0.2, 0) is 14.3 Å². The van der Waals surface area contributed by atoms with Crippen molar-refractivity contribution in [1.29, 1.82) is 0 Å². The fourth-order valence-electron chi connectivity index (χ4n) is 11.7. The average Bonchev–Trinajstić information content (AvgIpc) is 3.48. The first-order chi connectivity index (χ1) is 40.5. The Balaban J connectivity index is 3.35. The number of aliphatic hydroxyl groups is 2. The highest BCUT2D eigenvalue weighted by Gasteiger charge is 2.18. The van der Waals surface area contributed by atoms with Gasteiger partial charge in [-0.1, -0.05) is 352 Å². The molecule has 0 aliphatic rings. The lowest BCUT2D eigenvalue weighted by Gasteiger charge is -2.20. The van der Waals surface area contributed by atoms with Gasteiger partial charge in [-0.05, 0) is 83.5 Å². The Morgan fingerprint density at radius 1 is 0.329 bits per heavy atom. The maximum atomic E-state index is 12.5. The highest BCUT2D eigenvalue weighted by Crippen LogP contribution is 2.19. The summed E-state index contributed by atoms with van der Waals surface area (Å²) in [6.45, 7) is 4.91. The molecule has 0 spiro atoms. The third-order valence-electron chi connectivity index (χ3n) is 17.4. The Hall–Kier alpha value is -1.92. The summed E-state index contributed by atoms with van der Waals surface area (Å²) in [4.78, 5) is 24.5. The molecule has 1 amide bonds. The third-order valence-corrected chi connectivity index (χ3v) is 17.4. The van der Waals surface area contributed by atoms with Crippen molar-refractivity contribution in [3.63, 3.8) is 0 Å². The number of carbonyl (C=O) groups excluding carboxylic acids is 2. The zero-order chi connectivity index (χ0) is 59.2. The standard InChI is InChI=1S/C76H145NO5/c1-3-5-7-9-11-13-15-17-18-42-45-48-52-56-60-64-68-74(79)73(72-78)77-75(80)69-65-61-57-53-49-46-43-40-38-36-34-32-30-28-26-24-22-20-19-21-23-25-27-29-31-33-35-37-39-41-44-47-51-55-59-63-67-71-82-76(81)70-66-62-58-54-50-16-14-12-10-8-6-4-2/h12,14,19,21,64,68,73-74,78-79H,3-11,13,15-18,20,22-63,65-67,69-72H2,1-2H3,(H,77,80)/b14-12-,21-19-,68-64+. The molecule has 0 radical (unpaired) electrons. The van der Waals surface area contributed by atoms with Gasteiger partial charge in [0.1, 0.15) is 0 Å². The maximum absolute atomic E-state index is 12.5.